The van der Waals surface area contributed by atoms with Crippen LogP contribution in [-0.2, 0) is 34.6 Å². The number of hydrogen-bond donors (Lipinski definition) is 0. The predicted octanol–water partition coefficient (Wildman–Crippen LogP) is 4.45. The molecule has 2 aromatic heterocycles. The first-order chi connectivity index (χ1) is 13.4. The van der Waals surface area contributed by atoms with E-state index in [1.54, 1.807) is 12.4 Å². The van der Waals surface area contributed by atoms with Crippen LogP contribution in [0.2, 0.25) is 0 Å². The Morgan fingerprint density at radius 1 is 1.31 bits per heavy atom. The molecule has 0 aliphatic carbocycles. The zero-order valence-electron chi connectivity index (χ0n) is 17.0. The molecule has 1 aromatic carbocycles. The van der Waals surface area contributed by atoms with Gasteiger partial charge in [-0.25, -0.2) is 0 Å². The maximum atomic E-state index is 11.9. The molecule has 5 nitrogen and oxygen atoms in total. The first kappa shape index (κ1) is 21.1. The average Bonchev–Trinajstić information content (AvgIpc) is 2.94. The van der Waals surface area contributed by atoms with Gasteiger partial charge in [-0.1, -0.05) is 25.1 Å². The van der Waals surface area contributed by atoms with Crippen LogP contribution in [0.5, 0.6) is 0 Å². The third kappa shape index (κ3) is 3.92. The summed E-state index contributed by atoms with van der Waals surface area (Å²) in [6.45, 7) is 8.12. The lowest BCUT2D eigenvalue weighted by Crippen LogP contribution is -2.35. The molecule has 4 rings (SSSR count). The van der Waals surface area contributed by atoms with Crippen LogP contribution in [-0.4, -0.2) is 34.0 Å². The molecule has 0 fully saturated rings. The van der Waals surface area contributed by atoms with E-state index in [4.69, 9.17) is 4.74 Å². The van der Waals surface area contributed by atoms with Gasteiger partial charge in [0, 0.05) is 61.0 Å². The van der Waals surface area contributed by atoms with Crippen molar-refractivity contribution in [2.75, 3.05) is 13.6 Å². The minimum Gasteiger partial charge on any atom is -0.453 e. The Morgan fingerprint density at radius 2 is 2.10 bits per heavy atom. The van der Waals surface area contributed by atoms with Gasteiger partial charge in [-0.2, -0.15) is 0 Å². The molecule has 0 amide bonds. The lowest BCUT2D eigenvalue weighted by Gasteiger charge is -2.32. The molecular weight excluding hydrogens is 362 g/mol. The smallest absolute Gasteiger partial charge is 0.303 e. The van der Waals surface area contributed by atoms with Crippen LogP contribution in [0.4, 0.5) is 0 Å². The number of pyridine rings is 1. The normalized spacial score (nSPS) is 16.0. The van der Waals surface area contributed by atoms with E-state index in [1.807, 2.05) is 19.1 Å². The highest BCUT2D eigenvalue weighted by Gasteiger charge is 2.34. The number of rotatable bonds is 4. The van der Waals surface area contributed by atoms with Gasteiger partial charge in [0.25, 0.3) is 0 Å². The number of carbonyl (C=O) groups excluding carboxylic acids is 1. The van der Waals surface area contributed by atoms with Gasteiger partial charge >= 0.3 is 5.97 Å². The van der Waals surface area contributed by atoms with Crippen molar-refractivity contribution in [3.8, 4) is 0 Å². The van der Waals surface area contributed by atoms with E-state index < -0.39 is 5.60 Å². The Morgan fingerprint density at radius 3 is 2.79 bits per heavy atom. The Balaban J connectivity index is 0.00000240. The Labute approximate surface area is 173 Å². The maximum absolute atomic E-state index is 11.9. The third-order valence-corrected chi connectivity index (χ3v) is 5.70. The van der Waals surface area contributed by atoms with Crippen LogP contribution in [0.25, 0.3) is 10.9 Å². The van der Waals surface area contributed by atoms with Crippen molar-refractivity contribution >= 4 is 16.9 Å². The highest BCUT2D eigenvalue weighted by atomic mass is 16.6. The fourth-order valence-corrected chi connectivity index (χ4v) is 4.36. The zero-order valence-corrected chi connectivity index (χ0v) is 17.0. The molecule has 1 unspecified atom stereocenters. The zero-order chi connectivity index (χ0) is 19.9. The highest BCUT2D eigenvalue weighted by Crippen LogP contribution is 2.35. The Kier molecular flexibility index (Phi) is 5.80. The minimum absolute atomic E-state index is 0. The summed E-state index contributed by atoms with van der Waals surface area (Å²) in [6.07, 6.45) is 4.52. The summed E-state index contributed by atoms with van der Waals surface area (Å²) in [5.74, 6) is -0.285. The second-order valence-corrected chi connectivity index (χ2v) is 8.09. The van der Waals surface area contributed by atoms with Gasteiger partial charge in [-0.3, -0.25) is 9.78 Å². The summed E-state index contributed by atoms with van der Waals surface area (Å²) in [5, 5.41) is 1.30. The van der Waals surface area contributed by atoms with E-state index in [2.05, 4.69) is 46.6 Å². The number of aryl methyl sites for hydroxylation is 1. The number of esters is 1. The molecule has 0 N–H and O–H groups in total. The number of likely N-dealkylation sites (N-methyl/N-ethyl adjacent to an activating group) is 1. The molecule has 0 radical (unpaired) electrons. The van der Waals surface area contributed by atoms with Crippen molar-refractivity contribution in [1.82, 2.24) is 14.5 Å². The van der Waals surface area contributed by atoms with Crippen LogP contribution < -0.4 is 0 Å². The van der Waals surface area contributed by atoms with E-state index in [-0.39, 0.29) is 13.4 Å². The van der Waals surface area contributed by atoms with Gasteiger partial charge in [-0.15, -0.1) is 0 Å². The first-order valence-electron chi connectivity index (χ1n) is 9.76. The van der Waals surface area contributed by atoms with E-state index in [9.17, 15) is 4.79 Å². The Hall–Kier alpha value is -2.66. The van der Waals surface area contributed by atoms with Crippen molar-refractivity contribution in [3.63, 3.8) is 0 Å². The van der Waals surface area contributed by atoms with Crippen molar-refractivity contribution in [3.05, 3.63) is 65.1 Å². The van der Waals surface area contributed by atoms with Crippen molar-refractivity contribution < 1.29 is 9.53 Å². The second-order valence-electron chi connectivity index (χ2n) is 8.09. The van der Waals surface area contributed by atoms with E-state index in [0.717, 1.165) is 25.1 Å². The lowest BCUT2D eigenvalue weighted by molar-refractivity contribution is -0.158. The maximum Gasteiger partial charge on any atom is 0.303 e. The topological polar surface area (TPSA) is 47.4 Å². The molecule has 0 spiro atoms. The molecule has 1 aliphatic rings. The average molecular weight is 394 g/mol. The molecular formula is C24H31N3O2. The minimum atomic E-state index is -0.784. The van der Waals surface area contributed by atoms with Gasteiger partial charge in [0.2, 0.25) is 0 Å². The van der Waals surface area contributed by atoms with Crippen LogP contribution in [0.1, 0.15) is 43.7 Å². The number of aromatic nitrogens is 2. The lowest BCUT2D eigenvalue weighted by atomic mass is 9.96. The van der Waals surface area contributed by atoms with E-state index >= 15 is 0 Å². The van der Waals surface area contributed by atoms with Crippen LogP contribution >= 0.6 is 0 Å². The first-order valence-corrected chi connectivity index (χ1v) is 9.76. The standard InChI is InChI=1S/C23H27N3O2.CH4/c1-16-7-8-21-19(12-16)20-14-25(4)11-9-22(20)26(21)15-23(3,28-17(2)27)18-6-5-10-24-13-18;/h5-8,10,12-13H,9,11,14-15H2,1-4H3;1H4. The molecule has 0 bridgehead atoms. The highest BCUT2D eigenvalue weighted by molar-refractivity contribution is 5.86. The number of carbonyl (C=O) groups is 1. The monoisotopic (exact) mass is 393 g/mol. The molecule has 3 aromatic rings. The van der Waals surface area contributed by atoms with Crippen molar-refractivity contribution in [2.24, 2.45) is 0 Å². The fourth-order valence-electron chi connectivity index (χ4n) is 4.36. The molecule has 1 atom stereocenters. The van der Waals surface area contributed by atoms with Gasteiger partial charge in [0.05, 0.1) is 6.54 Å². The number of ether oxygens (including phenoxy) is 1. The summed E-state index contributed by atoms with van der Waals surface area (Å²) >= 11 is 0. The van der Waals surface area contributed by atoms with Crippen molar-refractivity contribution in [2.45, 2.75) is 53.3 Å². The van der Waals surface area contributed by atoms with Crippen LogP contribution in [0.15, 0.2) is 42.7 Å². The third-order valence-electron chi connectivity index (χ3n) is 5.70. The predicted molar refractivity (Wildman–Crippen MR) is 117 cm³/mol. The molecule has 1 aliphatic heterocycles. The van der Waals surface area contributed by atoms with Gasteiger partial charge in [0.1, 0.15) is 0 Å². The second kappa shape index (κ2) is 7.99. The van der Waals surface area contributed by atoms with Gasteiger partial charge in [0.15, 0.2) is 5.60 Å². The molecule has 5 heteroatoms. The van der Waals surface area contributed by atoms with E-state index in [0.29, 0.717) is 6.54 Å². The summed E-state index contributed by atoms with van der Waals surface area (Å²) in [5.41, 5.74) is 5.32. The van der Waals surface area contributed by atoms with Gasteiger partial charge < -0.3 is 14.2 Å². The van der Waals surface area contributed by atoms with Gasteiger partial charge in [-0.05, 0) is 44.7 Å². The SMILES string of the molecule is C.CC(=O)OC(C)(Cn1c2c(c3cc(C)ccc31)CN(C)CC2)c1cccnc1. The number of nitrogens with zero attached hydrogens (tertiary/aromatic N) is 3. The summed E-state index contributed by atoms with van der Waals surface area (Å²) in [6, 6.07) is 10.5. The summed E-state index contributed by atoms with van der Waals surface area (Å²) in [4.78, 5) is 18.6. The molecule has 3 heterocycles. The van der Waals surface area contributed by atoms with Crippen molar-refractivity contribution in [1.29, 1.82) is 0 Å². The van der Waals surface area contributed by atoms with Crippen LogP contribution in [0, 0.1) is 6.92 Å². The molecule has 29 heavy (non-hydrogen) atoms. The summed E-state index contributed by atoms with van der Waals surface area (Å²) in [7, 11) is 2.17. The number of hydrogen-bond acceptors (Lipinski definition) is 4. The fraction of sp³-hybridized carbons (Fsp3) is 0.417. The molecule has 154 valence electrons. The Bertz CT molecular complexity index is 1030. The number of fused-ring (bicyclic) bond motifs is 3. The molecule has 0 saturated carbocycles. The van der Waals surface area contributed by atoms with Crippen LogP contribution in [0.3, 0.4) is 0 Å². The van der Waals surface area contributed by atoms with E-state index in [1.165, 1.54) is 34.6 Å². The quantitative estimate of drug-likeness (QED) is 0.615. The summed E-state index contributed by atoms with van der Waals surface area (Å²) < 4.78 is 8.23. The number of benzene rings is 1. The largest absolute Gasteiger partial charge is 0.453 e. The molecule has 0 saturated heterocycles.